The molecule has 1 aliphatic heterocycles. The SMILES string of the molecule is NC1N=CNc2c1ncn2Cc1ccc(C23CC4CC(CC(C4)C2)C3)c(O)c1. The van der Waals surface area contributed by atoms with Gasteiger partial charge in [0.1, 0.15) is 23.4 Å². The lowest BCUT2D eigenvalue weighted by molar-refractivity contribution is -0.00614. The van der Waals surface area contributed by atoms with Crippen molar-refractivity contribution in [3.8, 4) is 5.75 Å². The second kappa shape index (κ2) is 5.83. The number of aliphatic imine (C=N–C) groups is 1. The van der Waals surface area contributed by atoms with Gasteiger partial charge in [-0.05, 0) is 73.3 Å². The van der Waals surface area contributed by atoms with Crippen molar-refractivity contribution in [2.45, 2.75) is 56.7 Å². The molecule has 28 heavy (non-hydrogen) atoms. The summed E-state index contributed by atoms with van der Waals surface area (Å²) in [6, 6.07) is 6.33. The van der Waals surface area contributed by atoms with Crippen LogP contribution in [-0.4, -0.2) is 21.0 Å². The first-order valence-electron chi connectivity index (χ1n) is 10.5. The van der Waals surface area contributed by atoms with Crippen LogP contribution in [0.5, 0.6) is 5.75 Å². The zero-order valence-corrected chi connectivity index (χ0v) is 16.0. The molecule has 4 aliphatic carbocycles. The lowest BCUT2D eigenvalue weighted by atomic mass is 9.48. The van der Waals surface area contributed by atoms with Crippen LogP contribution in [0.4, 0.5) is 5.82 Å². The lowest BCUT2D eigenvalue weighted by Gasteiger charge is -2.57. The molecular formula is C22H27N5O. The Morgan fingerprint density at radius 2 is 1.86 bits per heavy atom. The number of nitrogens with two attached hydrogens (primary N) is 1. The van der Waals surface area contributed by atoms with Gasteiger partial charge < -0.3 is 20.7 Å². The number of aromatic nitrogens is 2. The zero-order chi connectivity index (χ0) is 18.9. The standard InChI is InChI=1S/C22H27N5O/c23-20-19-21(25-11-24-20)27(12-26-19)10-13-1-2-17(18(28)6-13)22-7-14-3-15(8-22)5-16(4-14)9-22/h1-2,6,11-12,14-16,20,28H,3-5,7-10,23H2,(H,24,25). The van der Waals surface area contributed by atoms with E-state index in [0.29, 0.717) is 12.3 Å². The van der Waals surface area contributed by atoms with E-state index < -0.39 is 6.17 Å². The highest BCUT2D eigenvalue weighted by molar-refractivity contribution is 5.77. The highest BCUT2D eigenvalue weighted by atomic mass is 16.3. The van der Waals surface area contributed by atoms with E-state index in [-0.39, 0.29) is 5.41 Å². The number of imidazole rings is 1. The minimum Gasteiger partial charge on any atom is -0.508 e. The van der Waals surface area contributed by atoms with Crippen LogP contribution < -0.4 is 11.1 Å². The molecule has 146 valence electrons. The Hall–Kier alpha value is -2.34. The number of hydrogen-bond acceptors (Lipinski definition) is 5. The molecule has 2 aromatic rings. The zero-order valence-electron chi connectivity index (χ0n) is 16.0. The Morgan fingerprint density at radius 3 is 2.54 bits per heavy atom. The van der Waals surface area contributed by atoms with Crippen molar-refractivity contribution in [2.24, 2.45) is 28.5 Å². The van der Waals surface area contributed by atoms with Crippen molar-refractivity contribution in [1.82, 2.24) is 9.55 Å². The van der Waals surface area contributed by atoms with E-state index in [0.717, 1.165) is 34.8 Å². The Bertz CT molecular complexity index is 927. The summed E-state index contributed by atoms with van der Waals surface area (Å²) in [5.41, 5.74) is 9.23. The van der Waals surface area contributed by atoms with Crippen LogP contribution in [-0.2, 0) is 12.0 Å². The molecule has 6 heteroatoms. The van der Waals surface area contributed by atoms with Gasteiger partial charge in [-0.15, -0.1) is 0 Å². The molecule has 4 N–H and O–H groups in total. The summed E-state index contributed by atoms with van der Waals surface area (Å²) < 4.78 is 2.03. The molecule has 0 radical (unpaired) electrons. The van der Waals surface area contributed by atoms with Crippen LogP contribution >= 0.6 is 0 Å². The van der Waals surface area contributed by atoms with Crippen molar-refractivity contribution < 1.29 is 5.11 Å². The number of nitrogens with one attached hydrogen (secondary N) is 1. The number of fused-ring (bicyclic) bond motifs is 1. The predicted octanol–water partition coefficient (Wildman–Crippen LogP) is 3.52. The number of aromatic hydroxyl groups is 1. The Kier molecular flexibility index (Phi) is 3.46. The van der Waals surface area contributed by atoms with Crippen molar-refractivity contribution in [2.75, 3.05) is 5.32 Å². The van der Waals surface area contributed by atoms with Crippen molar-refractivity contribution in [3.05, 3.63) is 41.3 Å². The van der Waals surface area contributed by atoms with Gasteiger partial charge in [-0.1, -0.05) is 12.1 Å². The highest BCUT2D eigenvalue weighted by Crippen LogP contribution is 2.61. The second-order valence-electron chi connectivity index (χ2n) is 9.52. The molecule has 7 rings (SSSR count). The van der Waals surface area contributed by atoms with Crippen LogP contribution in [0, 0.1) is 17.8 Å². The molecular weight excluding hydrogens is 350 g/mol. The number of anilines is 1. The number of nitrogens with zero attached hydrogens (tertiary/aromatic N) is 3. The summed E-state index contributed by atoms with van der Waals surface area (Å²) >= 11 is 0. The quantitative estimate of drug-likeness (QED) is 0.764. The van der Waals surface area contributed by atoms with Gasteiger partial charge >= 0.3 is 0 Å². The average Bonchev–Trinajstić information content (AvgIpc) is 3.05. The molecule has 1 atom stereocenters. The fourth-order valence-corrected chi connectivity index (χ4v) is 6.90. The van der Waals surface area contributed by atoms with Gasteiger partial charge in [-0.3, -0.25) is 4.99 Å². The van der Waals surface area contributed by atoms with Crippen LogP contribution in [0.15, 0.2) is 29.5 Å². The van der Waals surface area contributed by atoms with E-state index in [9.17, 15) is 5.11 Å². The number of rotatable bonds is 3. The summed E-state index contributed by atoms with van der Waals surface area (Å²) in [5, 5.41) is 14.1. The lowest BCUT2D eigenvalue weighted by Crippen LogP contribution is -2.48. The minimum absolute atomic E-state index is 0.219. The van der Waals surface area contributed by atoms with Crippen LogP contribution in [0.2, 0.25) is 0 Å². The van der Waals surface area contributed by atoms with Crippen LogP contribution in [0.1, 0.15) is 61.5 Å². The van der Waals surface area contributed by atoms with Crippen molar-refractivity contribution in [3.63, 3.8) is 0 Å². The molecule has 2 heterocycles. The van der Waals surface area contributed by atoms with Crippen molar-refractivity contribution >= 4 is 12.2 Å². The van der Waals surface area contributed by atoms with Gasteiger partial charge in [0.25, 0.3) is 0 Å². The Balaban J connectivity index is 1.29. The van der Waals surface area contributed by atoms with E-state index >= 15 is 0 Å². The maximum Gasteiger partial charge on any atom is 0.145 e. The van der Waals surface area contributed by atoms with E-state index in [2.05, 4.69) is 27.4 Å². The van der Waals surface area contributed by atoms with Gasteiger partial charge in [-0.2, -0.15) is 0 Å². The maximum absolute atomic E-state index is 11.0. The third kappa shape index (κ3) is 2.43. The van der Waals surface area contributed by atoms with Gasteiger partial charge in [-0.25, -0.2) is 4.98 Å². The molecule has 0 saturated heterocycles. The summed E-state index contributed by atoms with van der Waals surface area (Å²) in [6.45, 7) is 0.643. The molecule has 4 fully saturated rings. The van der Waals surface area contributed by atoms with Crippen LogP contribution in [0.3, 0.4) is 0 Å². The minimum atomic E-state index is -0.413. The molecule has 5 aliphatic rings. The molecule has 6 nitrogen and oxygen atoms in total. The largest absolute Gasteiger partial charge is 0.508 e. The van der Waals surface area contributed by atoms with E-state index in [1.54, 1.807) is 12.7 Å². The first-order valence-corrected chi connectivity index (χ1v) is 10.5. The van der Waals surface area contributed by atoms with Gasteiger partial charge in [0, 0.05) is 5.56 Å². The van der Waals surface area contributed by atoms with E-state index in [4.69, 9.17) is 5.73 Å². The maximum atomic E-state index is 11.0. The normalized spacial score (nSPS) is 35.0. The molecule has 0 amide bonds. The number of benzene rings is 1. The number of hydrogen-bond donors (Lipinski definition) is 3. The van der Waals surface area contributed by atoms with E-state index in [1.165, 1.54) is 44.1 Å². The monoisotopic (exact) mass is 377 g/mol. The van der Waals surface area contributed by atoms with Gasteiger partial charge in [0.05, 0.1) is 19.2 Å². The predicted molar refractivity (Wildman–Crippen MR) is 108 cm³/mol. The second-order valence-corrected chi connectivity index (χ2v) is 9.52. The van der Waals surface area contributed by atoms with Gasteiger partial charge in [0.15, 0.2) is 0 Å². The topological polar surface area (TPSA) is 88.5 Å². The first kappa shape index (κ1) is 16.6. The summed E-state index contributed by atoms with van der Waals surface area (Å²) in [5.74, 6) is 3.98. The molecule has 4 bridgehead atoms. The summed E-state index contributed by atoms with van der Waals surface area (Å²) in [7, 11) is 0. The Labute approximate surface area is 164 Å². The summed E-state index contributed by atoms with van der Waals surface area (Å²) in [4.78, 5) is 8.53. The fourth-order valence-electron chi connectivity index (χ4n) is 6.90. The summed E-state index contributed by atoms with van der Waals surface area (Å²) in [6.07, 6.45) is 11.1. The Morgan fingerprint density at radius 1 is 1.14 bits per heavy atom. The molecule has 4 saturated carbocycles. The van der Waals surface area contributed by atoms with Crippen LogP contribution in [0.25, 0.3) is 0 Å². The molecule has 1 unspecified atom stereocenters. The van der Waals surface area contributed by atoms with Gasteiger partial charge in [0.2, 0.25) is 0 Å². The number of phenols is 1. The first-order chi connectivity index (χ1) is 13.6. The molecule has 1 aromatic carbocycles. The highest BCUT2D eigenvalue weighted by Gasteiger charge is 2.52. The van der Waals surface area contributed by atoms with E-state index in [1.807, 2.05) is 10.6 Å². The third-order valence-corrected chi connectivity index (χ3v) is 7.61. The smallest absolute Gasteiger partial charge is 0.145 e. The number of phenolic OH excluding ortho intramolecular Hbond substituents is 1. The van der Waals surface area contributed by atoms with Crippen molar-refractivity contribution in [1.29, 1.82) is 0 Å². The fraction of sp³-hybridized carbons (Fsp3) is 0.545. The third-order valence-electron chi connectivity index (χ3n) is 7.61. The molecule has 1 aromatic heterocycles. The average molecular weight is 377 g/mol. The molecule has 0 spiro atoms.